The largest absolute Gasteiger partial charge is 0.160 e. The molecule has 0 spiro atoms. The van der Waals surface area contributed by atoms with Crippen molar-refractivity contribution in [3.05, 3.63) is 139 Å². The number of hydrogen-bond acceptors (Lipinski definition) is 0. The second-order valence-electron chi connectivity index (χ2n) is 9.20. The van der Waals surface area contributed by atoms with Crippen molar-refractivity contribution < 1.29 is 0 Å². The number of unbranched alkanes of at least 4 members (excludes halogenated alkanes) is 3. The summed E-state index contributed by atoms with van der Waals surface area (Å²) in [4.78, 5) is 4.43. The Bertz CT molecular complexity index is 1280. The quantitative estimate of drug-likeness (QED) is 0.177. The van der Waals surface area contributed by atoms with Gasteiger partial charge in [-0.15, -0.1) is 0 Å². The molecule has 5 rings (SSSR count). The first-order chi connectivity index (χ1) is 17.4. The highest BCUT2D eigenvalue weighted by molar-refractivity contribution is 8.34. The van der Waals surface area contributed by atoms with Crippen LogP contribution in [0.4, 0.5) is 0 Å². The van der Waals surface area contributed by atoms with E-state index in [0.717, 1.165) is 0 Å². The summed E-state index contributed by atoms with van der Waals surface area (Å²) in [5.41, 5.74) is 1.46. The zero-order chi connectivity index (χ0) is 23.8. The molecule has 0 aliphatic heterocycles. The van der Waals surface area contributed by atoms with Gasteiger partial charge in [0.2, 0.25) is 0 Å². The Morgan fingerprint density at radius 1 is 0.429 bits per heavy atom. The third kappa shape index (κ3) is 5.21. The minimum Gasteiger partial charge on any atom is -0.160 e. The van der Waals surface area contributed by atoms with Crippen LogP contribution in [0.2, 0.25) is 0 Å². The van der Waals surface area contributed by atoms with Gasteiger partial charge in [0, 0.05) is 4.90 Å². The van der Waals surface area contributed by atoms with E-state index < -0.39 is 10.0 Å². The van der Waals surface area contributed by atoms with Crippen LogP contribution in [0.15, 0.2) is 148 Å². The van der Waals surface area contributed by atoms with Gasteiger partial charge >= 0.3 is 0 Å². The van der Waals surface area contributed by atoms with E-state index in [9.17, 15) is 0 Å². The monoisotopic (exact) mass is 474 g/mol. The highest BCUT2D eigenvalue weighted by Gasteiger charge is 2.31. The molecule has 0 nitrogen and oxygen atoms in total. The predicted molar refractivity (Wildman–Crippen MR) is 153 cm³/mol. The predicted octanol–water partition coefficient (Wildman–Crippen LogP) is 9.92. The molecule has 0 bridgehead atoms. The lowest BCUT2D eigenvalue weighted by Gasteiger charge is -2.42. The van der Waals surface area contributed by atoms with Crippen LogP contribution < -0.4 is 0 Å². The maximum absolute atomic E-state index is 2.40. The van der Waals surface area contributed by atoms with E-state index in [0.29, 0.717) is 0 Å². The number of aryl methyl sites for hydroxylation is 1. The van der Waals surface area contributed by atoms with E-state index in [1.807, 2.05) is 0 Å². The summed E-state index contributed by atoms with van der Waals surface area (Å²) < 4.78 is 0. The van der Waals surface area contributed by atoms with Crippen molar-refractivity contribution in [1.82, 2.24) is 0 Å². The minimum absolute atomic E-state index is 1.18. The highest BCUT2D eigenvalue weighted by Crippen LogP contribution is 2.69. The van der Waals surface area contributed by atoms with E-state index in [4.69, 9.17) is 0 Å². The van der Waals surface area contributed by atoms with Gasteiger partial charge in [-0.3, -0.25) is 0 Å². The standard InChI is InChI=1S/C34H34S/c1(6-17-29-18-7-3-8-19-29)2-15-28-35(31-22-9-4-10-23-31,32-24-11-5-12-25-32)34-27-16-21-30-20-13-14-26-33(30)34/h3-5,7-14,16,18-27H,1-2,6,15,17,28H2. The zero-order valence-electron chi connectivity index (χ0n) is 20.4. The second-order valence-corrected chi connectivity index (χ2v) is 12.5. The Balaban J connectivity index is 1.48. The number of rotatable bonds is 10. The Kier molecular flexibility index (Phi) is 7.66. The molecule has 0 amide bonds. The Morgan fingerprint density at radius 2 is 0.971 bits per heavy atom. The summed E-state index contributed by atoms with van der Waals surface area (Å²) in [6.45, 7) is 0. The molecule has 0 fully saturated rings. The third-order valence-corrected chi connectivity index (χ3v) is 11.1. The summed E-state index contributed by atoms with van der Waals surface area (Å²) in [6.07, 6.45) is 6.23. The van der Waals surface area contributed by atoms with E-state index in [1.54, 1.807) is 0 Å². The van der Waals surface area contributed by atoms with Crippen LogP contribution in [-0.2, 0) is 6.42 Å². The summed E-state index contributed by atoms with van der Waals surface area (Å²) >= 11 is 0. The SMILES string of the molecule is c1ccc(CCCCCCS(c2ccccc2)(c2ccccc2)c2cccc3ccccc23)cc1. The lowest BCUT2D eigenvalue weighted by atomic mass is 10.1. The maximum Gasteiger partial charge on any atom is 0.00601 e. The minimum atomic E-state index is -1.40. The lowest BCUT2D eigenvalue weighted by molar-refractivity contribution is 0.668. The van der Waals surface area contributed by atoms with Crippen LogP contribution in [0.25, 0.3) is 10.8 Å². The zero-order valence-corrected chi connectivity index (χ0v) is 21.2. The van der Waals surface area contributed by atoms with Gasteiger partial charge in [-0.05, 0) is 81.5 Å². The van der Waals surface area contributed by atoms with Gasteiger partial charge in [0.1, 0.15) is 0 Å². The number of hydrogen-bond donors (Lipinski definition) is 0. The number of benzene rings is 5. The van der Waals surface area contributed by atoms with Gasteiger partial charge in [0.25, 0.3) is 0 Å². The highest BCUT2D eigenvalue weighted by atomic mass is 32.3. The maximum atomic E-state index is 2.40. The van der Waals surface area contributed by atoms with Crippen molar-refractivity contribution in [1.29, 1.82) is 0 Å². The Labute approximate surface area is 212 Å². The third-order valence-electron chi connectivity index (χ3n) is 6.92. The van der Waals surface area contributed by atoms with Crippen LogP contribution in [0, 0.1) is 0 Å². The second kappa shape index (κ2) is 11.4. The molecule has 0 radical (unpaired) electrons. The molecule has 1 heteroatoms. The van der Waals surface area contributed by atoms with Gasteiger partial charge in [-0.2, -0.15) is 10.0 Å². The van der Waals surface area contributed by atoms with Crippen LogP contribution >= 0.6 is 10.0 Å². The first-order valence-electron chi connectivity index (χ1n) is 12.8. The van der Waals surface area contributed by atoms with Crippen molar-refractivity contribution in [2.24, 2.45) is 0 Å². The molecule has 35 heavy (non-hydrogen) atoms. The van der Waals surface area contributed by atoms with Gasteiger partial charge in [-0.1, -0.05) is 116 Å². The molecule has 0 heterocycles. The smallest absolute Gasteiger partial charge is 0.00601 e. The van der Waals surface area contributed by atoms with Crippen LogP contribution in [0.3, 0.4) is 0 Å². The summed E-state index contributed by atoms with van der Waals surface area (Å²) in [5, 5.41) is 2.72. The molecular formula is C34H34S. The molecule has 0 saturated carbocycles. The van der Waals surface area contributed by atoms with E-state index in [2.05, 4.69) is 133 Å². The van der Waals surface area contributed by atoms with E-state index >= 15 is 0 Å². The summed E-state index contributed by atoms with van der Waals surface area (Å²) in [6, 6.07) is 49.3. The van der Waals surface area contributed by atoms with Gasteiger partial charge in [0.15, 0.2) is 0 Å². The average molecular weight is 475 g/mol. The fraction of sp³-hybridized carbons (Fsp3) is 0.176. The van der Waals surface area contributed by atoms with E-state index in [1.165, 1.54) is 68.9 Å². The molecule has 0 aromatic heterocycles. The van der Waals surface area contributed by atoms with Gasteiger partial charge < -0.3 is 0 Å². The van der Waals surface area contributed by atoms with Crippen molar-refractivity contribution in [2.45, 2.75) is 46.8 Å². The molecule has 0 N–H and O–H groups in total. The summed E-state index contributed by atoms with van der Waals surface area (Å²) in [5.74, 6) is 1.18. The van der Waals surface area contributed by atoms with Crippen LogP contribution in [-0.4, -0.2) is 5.75 Å². The fourth-order valence-corrected chi connectivity index (χ4v) is 9.41. The topological polar surface area (TPSA) is 0 Å². The molecular weight excluding hydrogens is 440 g/mol. The molecule has 0 saturated heterocycles. The first-order valence-corrected chi connectivity index (χ1v) is 14.6. The molecule has 0 aliphatic rings. The van der Waals surface area contributed by atoms with E-state index in [-0.39, 0.29) is 0 Å². The average Bonchev–Trinajstić information content (AvgIpc) is 2.94. The van der Waals surface area contributed by atoms with Gasteiger partial charge in [-0.25, -0.2) is 0 Å². The molecule has 0 unspecified atom stereocenters. The van der Waals surface area contributed by atoms with Crippen molar-refractivity contribution in [2.75, 3.05) is 5.75 Å². The van der Waals surface area contributed by atoms with Gasteiger partial charge in [0.05, 0.1) is 0 Å². The molecule has 0 aliphatic carbocycles. The molecule has 176 valence electrons. The summed E-state index contributed by atoms with van der Waals surface area (Å²) in [7, 11) is -1.40. The molecule has 0 atom stereocenters. The van der Waals surface area contributed by atoms with Crippen molar-refractivity contribution >= 4 is 20.8 Å². The Morgan fingerprint density at radius 3 is 1.66 bits per heavy atom. The molecule has 5 aromatic rings. The van der Waals surface area contributed by atoms with Crippen LogP contribution in [0.1, 0.15) is 31.2 Å². The Hall–Kier alpha value is -3.29. The van der Waals surface area contributed by atoms with Crippen LogP contribution in [0.5, 0.6) is 0 Å². The number of fused-ring (bicyclic) bond motifs is 1. The normalized spacial score (nSPS) is 12.0. The van der Waals surface area contributed by atoms with Crippen molar-refractivity contribution in [3.63, 3.8) is 0 Å². The fourth-order valence-electron chi connectivity index (χ4n) is 5.19. The first kappa shape index (κ1) is 23.5. The lowest BCUT2D eigenvalue weighted by Crippen LogP contribution is -2.09. The van der Waals surface area contributed by atoms with Crippen molar-refractivity contribution in [3.8, 4) is 0 Å². The molecule has 5 aromatic carbocycles.